The molecule has 2 aliphatic carbocycles. The molecule has 0 saturated heterocycles. The van der Waals surface area contributed by atoms with Gasteiger partial charge in [0.2, 0.25) is 0 Å². The topological polar surface area (TPSA) is 76.3 Å². The van der Waals surface area contributed by atoms with E-state index in [9.17, 15) is 9.59 Å². The van der Waals surface area contributed by atoms with E-state index in [4.69, 9.17) is 0 Å². The summed E-state index contributed by atoms with van der Waals surface area (Å²) < 4.78 is 1.37. The van der Waals surface area contributed by atoms with Crippen LogP contribution in [0.3, 0.4) is 0 Å². The second-order valence-electron chi connectivity index (χ2n) is 6.60. The summed E-state index contributed by atoms with van der Waals surface area (Å²) >= 11 is 0. The van der Waals surface area contributed by atoms with Crippen LogP contribution >= 0.6 is 0 Å². The van der Waals surface area contributed by atoms with Gasteiger partial charge in [-0.3, -0.25) is 9.59 Å². The fourth-order valence-corrected chi connectivity index (χ4v) is 3.61. The van der Waals surface area contributed by atoms with Crippen molar-refractivity contribution < 1.29 is 4.79 Å². The number of carbonyl (C=O) groups excluding carboxylic acids is 1. The predicted molar refractivity (Wildman–Crippen MR) is 96.5 cm³/mol. The Morgan fingerprint density at radius 3 is 2.92 bits per heavy atom. The van der Waals surface area contributed by atoms with Crippen LogP contribution in [0.2, 0.25) is 0 Å². The molecule has 128 valence electrons. The molecule has 1 heterocycles. The van der Waals surface area contributed by atoms with Crippen LogP contribution in [0, 0.1) is 11.8 Å². The maximum Gasteiger partial charge on any atom is 0.292 e. The number of aromatic nitrogens is 2. The minimum Gasteiger partial charge on any atom is -0.267 e. The molecule has 0 unspecified atom stereocenters. The lowest BCUT2D eigenvalue weighted by atomic mass is 9.74. The van der Waals surface area contributed by atoms with E-state index in [0.29, 0.717) is 29.2 Å². The molecule has 1 fully saturated rings. The maximum absolute atomic E-state index is 12.7. The highest BCUT2D eigenvalue weighted by Crippen LogP contribution is 2.40. The predicted octanol–water partition coefficient (Wildman–Crippen LogP) is 2.49. The molecule has 4 rings (SSSR count). The van der Waals surface area contributed by atoms with Crippen molar-refractivity contribution in [3.05, 3.63) is 52.5 Å². The summed E-state index contributed by atoms with van der Waals surface area (Å²) in [5.74, 6) is 0.656. The molecule has 6 nitrogen and oxygen atoms in total. The van der Waals surface area contributed by atoms with Gasteiger partial charge in [0, 0.05) is 23.6 Å². The van der Waals surface area contributed by atoms with Gasteiger partial charge in [-0.25, -0.2) is 10.1 Å². The zero-order valence-corrected chi connectivity index (χ0v) is 14.1. The van der Waals surface area contributed by atoms with Gasteiger partial charge in [-0.15, -0.1) is 0 Å². The van der Waals surface area contributed by atoms with E-state index in [1.807, 2.05) is 6.92 Å². The monoisotopic (exact) mass is 336 g/mol. The lowest BCUT2D eigenvalue weighted by molar-refractivity contribution is 0.0948. The first-order chi connectivity index (χ1) is 12.2. The Hall–Kier alpha value is -2.76. The molecular formula is C19H20N4O2. The number of rotatable bonds is 4. The van der Waals surface area contributed by atoms with Gasteiger partial charge in [0.25, 0.3) is 11.5 Å². The quantitative estimate of drug-likeness (QED) is 0.688. The van der Waals surface area contributed by atoms with Gasteiger partial charge in [0.05, 0.1) is 5.39 Å². The molecule has 1 amide bonds. The number of nitrogens with zero attached hydrogens (tertiary/aromatic N) is 3. The van der Waals surface area contributed by atoms with Crippen LogP contribution in [0.25, 0.3) is 10.8 Å². The van der Waals surface area contributed by atoms with Crippen molar-refractivity contribution in [2.24, 2.45) is 16.9 Å². The lowest BCUT2D eigenvalue weighted by Crippen LogP contribution is -2.36. The molecule has 2 aliphatic rings. The summed E-state index contributed by atoms with van der Waals surface area (Å²) in [4.78, 5) is 25.1. The highest BCUT2D eigenvalue weighted by Gasteiger charge is 2.38. The molecular weight excluding hydrogens is 316 g/mol. The molecule has 2 aromatic rings. The number of hydrogen-bond donors (Lipinski definition) is 1. The van der Waals surface area contributed by atoms with Crippen molar-refractivity contribution in [1.29, 1.82) is 0 Å². The van der Waals surface area contributed by atoms with Crippen molar-refractivity contribution in [2.75, 3.05) is 0 Å². The van der Waals surface area contributed by atoms with E-state index < -0.39 is 0 Å². The van der Waals surface area contributed by atoms with E-state index in [1.165, 1.54) is 4.68 Å². The Kier molecular flexibility index (Phi) is 3.95. The van der Waals surface area contributed by atoms with E-state index in [0.717, 1.165) is 25.0 Å². The Labute approximate surface area is 145 Å². The number of benzene rings is 1. The number of amides is 1. The summed E-state index contributed by atoms with van der Waals surface area (Å²) in [5.41, 5.74) is 3.75. The summed E-state index contributed by atoms with van der Waals surface area (Å²) in [6.45, 7) is 2.45. The highest BCUT2D eigenvalue weighted by molar-refractivity contribution is 6.05. The van der Waals surface area contributed by atoms with E-state index in [1.54, 1.807) is 24.3 Å². The van der Waals surface area contributed by atoms with Crippen LogP contribution < -0.4 is 11.0 Å². The minimum absolute atomic E-state index is 0.167. The van der Waals surface area contributed by atoms with Gasteiger partial charge in [0.15, 0.2) is 5.69 Å². The molecule has 0 radical (unpaired) electrons. The minimum atomic E-state index is -0.372. The Bertz CT molecular complexity index is 958. The van der Waals surface area contributed by atoms with Crippen LogP contribution in [-0.2, 0) is 6.54 Å². The number of carbonyl (C=O) groups is 1. The zero-order chi connectivity index (χ0) is 17.4. The summed E-state index contributed by atoms with van der Waals surface area (Å²) in [6, 6.07) is 7.08. The number of hydrogen-bond acceptors (Lipinski definition) is 4. The van der Waals surface area contributed by atoms with Crippen molar-refractivity contribution in [3.63, 3.8) is 0 Å². The zero-order valence-electron chi connectivity index (χ0n) is 14.1. The third kappa shape index (κ3) is 2.67. The van der Waals surface area contributed by atoms with E-state index in [2.05, 4.69) is 27.8 Å². The van der Waals surface area contributed by atoms with E-state index in [-0.39, 0.29) is 17.2 Å². The molecule has 0 aliphatic heterocycles. The summed E-state index contributed by atoms with van der Waals surface area (Å²) in [5, 5.41) is 9.66. The fourth-order valence-electron chi connectivity index (χ4n) is 3.61. The number of allylic oxidation sites excluding steroid dienone is 2. The first kappa shape index (κ1) is 15.7. The molecule has 2 atom stereocenters. The smallest absolute Gasteiger partial charge is 0.267 e. The maximum atomic E-state index is 12.7. The summed E-state index contributed by atoms with van der Waals surface area (Å²) in [7, 11) is 0. The van der Waals surface area contributed by atoms with Crippen molar-refractivity contribution in [2.45, 2.75) is 32.7 Å². The molecule has 6 heteroatoms. The highest BCUT2D eigenvalue weighted by atomic mass is 16.2. The Morgan fingerprint density at radius 1 is 1.36 bits per heavy atom. The Morgan fingerprint density at radius 2 is 2.16 bits per heavy atom. The van der Waals surface area contributed by atoms with Gasteiger partial charge in [-0.05, 0) is 31.2 Å². The van der Waals surface area contributed by atoms with Crippen LogP contribution in [-0.4, -0.2) is 21.4 Å². The lowest BCUT2D eigenvalue weighted by Gasteiger charge is -2.31. The van der Waals surface area contributed by atoms with Gasteiger partial charge in [-0.2, -0.15) is 10.2 Å². The average Bonchev–Trinajstić information content (AvgIpc) is 2.98. The third-order valence-electron chi connectivity index (χ3n) is 4.98. The second-order valence-corrected chi connectivity index (χ2v) is 6.60. The van der Waals surface area contributed by atoms with Crippen LogP contribution in [0.1, 0.15) is 36.7 Å². The molecule has 25 heavy (non-hydrogen) atoms. The van der Waals surface area contributed by atoms with Crippen LogP contribution in [0.4, 0.5) is 0 Å². The fraction of sp³-hybridized carbons (Fsp3) is 0.368. The van der Waals surface area contributed by atoms with Crippen molar-refractivity contribution in [3.8, 4) is 0 Å². The average molecular weight is 336 g/mol. The Balaban J connectivity index is 1.66. The molecule has 0 bridgehead atoms. The van der Waals surface area contributed by atoms with Gasteiger partial charge in [0.1, 0.15) is 0 Å². The van der Waals surface area contributed by atoms with Crippen molar-refractivity contribution in [1.82, 2.24) is 15.2 Å². The van der Waals surface area contributed by atoms with Gasteiger partial charge < -0.3 is 0 Å². The molecule has 1 aromatic heterocycles. The largest absolute Gasteiger partial charge is 0.292 e. The standard InChI is InChI=1S/C19H20N4O2/c1-2-10-23-19(25)15-8-4-3-7-14(15)17(22-23)18(24)21-20-16-11-12-6-5-9-13(12)16/h3-8,12-13H,2,9-11H2,1H3,(H,21,24)/b20-16-/t12-,13+/m0/s1. The number of hydrazone groups is 1. The van der Waals surface area contributed by atoms with Crippen LogP contribution in [0.15, 0.2) is 46.3 Å². The first-order valence-electron chi connectivity index (χ1n) is 8.72. The number of fused-ring (bicyclic) bond motifs is 2. The molecule has 0 spiro atoms. The normalized spacial score (nSPS) is 22.8. The SMILES string of the molecule is CCCn1nc(C(=O)N/N=C2/C[C@@H]3C=CC[C@@H]23)c2ccccc2c1=O. The number of aryl methyl sites for hydroxylation is 1. The van der Waals surface area contributed by atoms with Gasteiger partial charge >= 0.3 is 0 Å². The van der Waals surface area contributed by atoms with Crippen LogP contribution in [0.5, 0.6) is 0 Å². The molecule has 1 saturated carbocycles. The van der Waals surface area contributed by atoms with Crippen molar-refractivity contribution >= 4 is 22.4 Å². The van der Waals surface area contributed by atoms with E-state index >= 15 is 0 Å². The third-order valence-corrected chi connectivity index (χ3v) is 4.98. The second kappa shape index (κ2) is 6.27. The first-order valence-corrected chi connectivity index (χ1v) is 8.72. The summed E-state index contributed by atoms with van der Waals surface area (Å²) in [6.07, 6.45) is 7.08. The van der Waals surface area contributed by atoms with Gasteiger partial charge in [-0.1, -0.05) is 37.3 Å². The molecule has 1 N–H and O–H groups in total. The molecule has 1 aromatic carbocycles. The number of nitrogens with one attached hydrogen (secondary N) is 1.